The first kappa shape index (κ1) is 23.9. The van der Waals surface area contributed by atoms with Crippen molar-refractivity contribution in [2.45, 2.75) is 19.4 Å². The molecule has 1 saturated heterocycles. The summed E-state index contributed by atoms with van der Waals surface area (Å²) in [5.74, 6) is -0.622. The number of amides is 1. The number of carbonyl (C=O) groups excluding carboxylic acids is 2. The highest BCUT2D eigenvalue weighted by atomic mass is 16.5. The standard InChI is InChI=1S/C28H27NO6/c1-5-17-10-12-18(13-11-17)29-25(20-8-6-7-9-22(20)34-3)24(27(31)28(29)32)26(30)21-16-19(33-2)14-15-23(21)35-4/h6-16,25,30H,5H2,1-4H3/b26-24+. The summed E-state index contributed by atoms with van der Waals surface area (Å²) in [6, 6.07) is 18.5. The molecule has 0 aromatic heterocycles. The van der Waals surface area contributed by atoms with Gasteiger partial charge in [0.15, 0.2) is 0 Å². The summed E-state index contributed by atoms with van der Waals surface area (Å²) < 4.78 is 16.3. The highest BCUT2D eigenvalue weighted by Crippen LogP contribution is 2.46. The van der Waals surface area contributed by atoms with Crippen LogP contribution in [0.25, 0.3) is 5.76 Å². The number of methoxy groups -OCH3 is 3. The van der Waals surface area contributed by atoms with Gasteiger partial charge in [-0.25, -0.2) is 0 Å². The molecule has 35 heavy (non-hydrogen) atoms. The monoisotopic (exact) mass is 473 g/mol. The van der Waals surface area contributed by atoms with Crippen molar-refractivity contribution in [3.8, 4) is 17.2 Å². The Hall–Kier alpha value is -4.26. The largest absolute Gasteiger partial charge is 0.507 e. The number of hydrogen-bond donors (Lipinski definition) is 1. The molecule has 180 valence electrons. The van der Waals surface area contributed by atoms with Gasteiger partial charge in [0.05, 0.1) is 38.5 Å². The van der Waals surface area contributed by atoms with E-state index in [0.717, 1.165) is 12.0 Å². The first-order valence-electron chi connectivity index (χ1n) is 11.2. The molecule has 1 aliphatic heterocycles. The predicted octanol–water partition coefficient (Wildman–Crippen LogP) is 4.90. The molecule has 0 bridgehead atoms. The van der Waals surface area contributed by atoms with Gasteiger partial charge in [-0.2, -0.15) is 0 Å². The number of Topliss-reactive ketones (excluding diaryl/α,β-unsaturated/α-hetero) is 1. The summed E-state index contributed by atoms with van der Waals surface area (Å²) in [5.41, 5.74) is 2.38. The van der Waals surface area contributed by atoms with E-state index in [1.54, 1.807) is 54.6 Å². The van der Waals surface area contributed by atoms with Crippen LogP contribution in [-0.2, 0) is 16.0 Å². The van der Waals surface area contributed by atoms with Gasteiger partial charge in [0, 0.05) is 11.3 Å². The Balaban J connectivity index is 2.00. The Kier molecular flexibility index (Phi) is 6.78. The molecule has 4 rings (SSSR count). The van der Waals surface area contributed by atoms with E-state index in [-0.39, 0.29) is 16.9 Å². The fourth-order valence-electron chi connectivity index (χ4n) is 4.32. The minimum Gasteiger partial charge on any atom is -0.507 e. The van der Waals surface area contributed by atoms with E-state index >= 15 is 0 Å². The quantitative estimate of drug-likeness (QED) is 0.298. The number of ketones is 1. The second kappa shape index (κ2) is 9.93. The number of rotatable bonds is 7. The van der Waals surface area contributed by atoms with E-state index in [1.807, 2.05) is 19.1 Å². The molecule has 7 heteroatoms. The maximum absolute atomic E-state index is 13.4. The third-order valence-electron chi connectivity index (χ3n) is 6.16. The van der Waals surface area contributed by atoms with E-state index in [2.05, 4.69) is 0 Å². The van der Waals surface area contributed by atoms with Crippen molar-refractivity contribution in [2.75, 3.05) is 26.2 Å². The molecule has 0 saturated carbocycles. The lowest BCUT2D eigenvalue weighted by atomic mass is 9.94. The maximum atomic E-state index is 13.4. The first-order chi connectivity index (χ1) is 16.9. The maximum Gasteiger partial charge on any atom is 0.300 e. The Morgan fingerprint density at radius 3 is 2.20 bits per heavy atom. The Labute approximate surface area is 204 Å². The van der Waals surface area contributed by atoms with Crippen LogP contribution < -0.4 is 19.1 Å². The van der Waals surface area contributed by atoms with Crippen LogP contribution in [0.1, 0.15) is 29.7 Å². The van der Waals surface area contributed by atoms with Crippen LogP contribution in [-0.4, -0.2) is 38.1 Å². The van der Waals surface area contributed by atoms with Crippen molar-refractivity contribution < 1.29 is 28.9 Å². The molecule has 7 nitrogen and oxygen atoms in total. The average Bonchev–Trinajstić information content (AvgIpc) is 3.17. The highest BCUT2D eigenvalue weighted by molar-refractivity contribution is 6.51. The van der Waals surface area contributed by atoms with Crippen molar-refractivity contribution in [2.24, 2.45) is 0 Å². The van der Waals surface area contributed by atoms with Crippen LogP contribution in [0.3, 0.4) is 0 Å². The summed E-state index contributed by atoms with van der Waals surface area (Å²) in [7, 11) is 4.48. The summed E-state index contributed by atoms with van der Waals surface area (Å²) in [4.78, 5) is 28.2. The summed E-state index contributed by atoms with van der Waals surface area (Å²) in [6.45, 7) is 2.04. The molecule has 1 aliphatic rings. The predicted molar refractivity (Wildman–Crippen MR) is 133 cm³/mol. The van der Waals surface area contributed by atoms with Crippen LogP contribution in [0.2, 0.25) is 0 Å². The SMILES string of the molecule is CCc1ccc(N2C(=O)C(=O)/C(=C(/O)c3cc(OC)ccc3OC)C2c2ccccc2OC)cc1. The average molecular weight is 474 g/mol. The molecule has 3 aromatic rings. The van der Waals surface area contributed by atoms with Gasteiger partial charge in [0.2, 0.25) is 0 Å². The second-order valence-corrected chi connectivity index (χ2v) is 8.00. The zero-order valence-corrected chi connectivity index (χ0v) is 20.1. The number of anilines is 1. The zero-order valence-electron chi connectivity index (χ0n) is 20.1. The number of benzene rings is 3. The number of carbonyl (C=O) groups is 2. The van der Waals surface area contributed by atoms with Crippen LogP contribution in [0.15, 0.2) is 72.3 Å². The summed E-state index contributed by atoms with van der Waals surface area (Å²) in [5, 5.41) is 11.5. The fraction of sp³-hybridized carbons (Fsp3) is 0.214. The Bertz CT molecular complexity index is 1300. The lowest BCUT2D eigenvalue weighted by Gasteiger charge is -2.27. The molecular weight excluding hydrogens is 446 g/mol. The van der Waals surface area contributed by atoms with Crippen molar-refractivity contribution in [3.05, 3.63) is 89.0 Å². The molecule has 1 fully saturated rings. The number of aliphatic hydroxyl groups is 1. The number of para-hydroxylation sites is 1. The van der Waals surface area contributed by atoms with Gasteiger partial charge >= 0.3 is 0 Å². The van der Waals surface area contributed by atoms with Crippen LogP contribution in [0.5, 0.6) is 17.2 Å². The van der Waals surface area contributed by atoms with E-state index in [1.165, 1.54) is 26.2 Å². The van der Waals surface area contributed by atoms with Crippen molar-refractivity contribution in [3.63, 3.8) is 0 Å². The first-order valence-corrected chi connectivity index (χ1v) is 11.2. The van der Waals surface area contributed by atoms with Crippen molar-refractivity contribution >= 4 is 23.1 Å². The molecule has 0 aliphatic carbocycles. The number of aryl methyl sites for hydroxylation is 1. The Morgan fingerprint density at radius 1 is 0.886 bits per heavy atom. The van der Waals surface area contributed by atoms with Crippen LogP contribution in [0, 0.1) is 0 Å². The molecule has 0 radical (unpaired) electrons. The molecule has 1 unspecified atom stereocenters. The lowest BCUT2D eigenvalue weighted by Crippen LogP contribution is -2.29. The third-order valence-corrected chi connectivity index (χ3v) is 6.16. The number of hydrogen-bond acceptors (Lipinski definition) is 6. The smallest absolute Gasteiger partial charge is 0.300 e. The topological polar surface area (TPSA) is 85.3 Å². The summed E-state index contributed by atoms with van der Waals surface area (Å²) >= 11 is 0. The molecule has 1 N–H and O–H groups in total. The lowest BCUT2D eigenvalue weighted by molar-refractivity contribution is -0.132. The second-order valence-electron chi connectivity index (χ2n) is 8.00. The third kappa shape index (κ3) is 4.21. The number of nitrogens with zero attached hydrogens (tertiary/aromatic N) is 1. The molecule has 1 heterocycles. The van der Waals surface area contributed by atoms with Gasteiger partial charge < -0.3 is 19.3 Å². The van der Waals surface area contributed by atoms with Gasteiger partial charge in [-0.1, -0.05) is 37.3 Å². The van der Waals surface area contributed by atoms with Gasteiger partial charge in [-0.05, 0) is 48.4 Å². The summed E-state index contributed by atoms with van der Waals surface area (Å²) in [6.07, 6.45) is 0.838. The molecular formula is C28H27NO6. The molecule has 0 spiro atoms. The minimum absolute atomic E-state index is 0.0642. The van der Waals surface area contributed by atoms with E-state index in [0.29, 0.717) is 28.5 Å². The van der Waals surface area contributed by atoms with Gasteiger partial charge in [-0.15, -0.1) is 0 Å². The fourth-order valence-corrected chi connectivity index (χ4v) is 4.32. The van der Waals surface area contributed by atoms with Crippen molar-refractivity contribution in [1.29, 1.82) is 0 Å². The van der Waals surface area contributed by atoms with E-state index in [9.17, 15) is 14.7 Å². The van der Waals surface area contributed by atoms with Crippen LogP contribution in [0.4, 0.5) is 5.69 Å². The zero-order chi connectivity index (χ0) is 25.1. The van der Waals surface area contributed by atoms with E-state index in [4.69, 9.17) is 14.2 Å². The highest BCUT2D eigenvalue weighted by Gasteiger charge is 2.48. The number of aliphatic hydroxyl groups excluding tert-OH is 1. The number of ether oxygens (including phenoxy) is 3. The normalized spacial score (nSPS) is 16.9. The minimum atomic E-state index is -0.922. The van der Waals surface area contributed by atoms with Gasteiger partial charge in [0.1, 0.15) is 23.0 Å². The van der Waals surface area contributed by atoms with Crippen LogP contribution >= 0.6 is 0 Å². The van der Waals surface area contributed by atoms with Gasteiger partial charge in [-0.3, -0.25) is 14.5 Å². The van der Waals surface area contributed by atoms with Crippen molar-refractivity contribution in [1.82, 2.24) is 0 Å². The Morgan fingerprint density at radius 2 is 1.57 bits per heavy atom. The van der Waals surface area contributed by atoms with E-state index < -0.39 is 17.7 Å². The molecule has 1 amide bonds. The molecule has 3 aromatic carbocycles. The van der Waals surface area contributed by atoms with Gasteiger partial charge in [0.25, 0.3) is 11.7 Å². The molecule has 1 atom stereocenters.